The number of halogens is 5. The van der Waals surface area contributed by atoms with E-state index in [9.17, 15) is 18.0 Å². The Bertz CT molecular complexity index is 851. The summed E-state index contributed by atoms with van der Waals surface area (Å²) in [6, 6.07) is 9.80. The fourth-order valence-electron chi connectivity index (χ4n) is 2.61. The number of ether oxygens (including phenoxy) is 1. The number of rotatable bonds is 3. The van der Waals surface area contributed by atoms with Gasteiger partial charge in [0.05, 0.1) is 5.69 Å². The van der Waals surface area contributed by atoms with Crippen LogP contribution in [-0.4, -0.2) is 29.6 Å². The Kier molecular flexibility index (Phi) is 5.98. The van der Waals surface area contributed by atoms with Crippen molar-refractivity contribution in [1.82, 2.24) is 4.90 Å². The van der Waals surface area contributed by atoms with Gasteiger partial charge in [-0.05, 0) is 24.3 Å². The van der Waals surface area contributed by atoms with E-state index in [1.807, 2.05) is 0 Å². The molecular weight excluding hydrogens is 424 g/mol. The lowest BCUT2D eigenvalue weighted by molar-refractivity contribution is -0.274. The van der Waals surface area contributed by atoms with Crippen molar-refractivity contribution in [3.8, 4) is 5.75 Å². The molecule has 1 atom stereocenters. The Balaban J connectivity index is 1.80. The van der Waals surface area contributed by atoms with E-state index in [-0.39, 0.29) is 11.1 Å². The number of carbonyl (C=O) groups is 1. The number of thioether (sulfide) groups is 1. The highest BCUT2D eigenvalue weighted by molar-refractivity contribution is 7.99. The van der Waals surface area contributed by atoms with Crippen LogP contribution in [0.4, 0.5) is 23.7 Å². The van der Waals surface area contributed by atoms with E-state index in [1.54, 1.807) is 18.2 Å². The standard InChI is InChI=1S/C17H13Cl2F3N2O2S/c18-10-5-6-11(12(19)9-10)15-24(7-8-27-15)16(25)23-13-3-1-2-4-14(13)26-17(20,21)22/h1-6,9,15H,7-8H2,(H,23,25). The molecule has 144 valence electrons. The van der Waals surface area contributed by atoms with Gasteiger partial charge in [-0.2, -0.15) is 0 Å². The molecule has 27 heavy (non-hydrogen) atoms. The molecule has 1 N–H and O–H groups in total. The van der Waals surface area contributed by atoms with Crippen molar-refractivity contribution in [2.45, 2.75) is 11.7 Å². The second-order valence-electron chi connectivity index (χ2n) is 5.56. The first-order valence-electron chi connectivity index (χ1n) is 7.73. The maximum absolute atomic E-state index is 12.7. The predicted molar refractivity (Wildman–Crippen MR) is 101 cm³/mol. The van der Waals surface area contributed by atoms with Crippen LogP contribution < -0.4 is 10.1 Å². The number of amides is 2. The summed E-state index contributed by atoms with van der Waals surface area (Å²) >= 11 is 13.6. The number of anilines is 1. The highest BCUT2D eigenvalue weighted by atomic mass is 35.5. The number of alkyl halides is 3. The molecule has 1 aliphatic heterocycles. The zero-order valence-corrected chi connectivity index (χ0v) is 15.9. The average molecular weight is 437 g/mol. The first-order chi connectivity index (χ1) is 12.7. The summed E-state index contributed by atoms with van der Waals surface area (Å²) in [7, 11) is 0. The summed E-state index contributed by atoms with van der Waals surface area (Å²) in [5.74, 6) is 0.184. The number of nitrogens with zero attached hydrogens (tertiary/aromatic N) is 1. The van der Waals surface area contributed by atoms with Crippen LogP contribution >= 0.6 is 35.0 Å². The summed E-state index contributed by atoms with van der Waals surface area (Å²) in [4.78, 5) is 14.2. The summed E-state index contributed by atoms with van der Waals surface area (Å²) in [5.41, 5.74) is 0.635. The third kappa shape index (κ3) is 4.94. The van der Waals surface area contributed by atoms with Gasteiger partial charge in [0.1, 0.15) is 5.37 Å². The number of hydrogen-bond acceptors (Lipinski definition) is 3. The van der Waals surface area contributed by atoms with Crippen molar-refractivity contribution < 1.29 is 22.7 Å². The van der Waals surface area contributed by atoms with E-state index in [4.69, 9.17) is 23.2 Å². The van der Waals surface area contributed by atoms with Crippen LogP contribution in [0, 0.1) is 0 Å². The molecule has 1 fully saturated rings. The fraction of sp³-hybridized carbons (Fsp3) is 0.235. The molecule has 0 saturated carbocycles. The molecule has 2 aromatic carbocycles. The highest BCUT2D eigenvalue weighted by Gasteiger charge is 2.34. The lowest BCUT2D eigenvalue weighted by Crippen LogP contribution is -2.34. The van der Waals surface area contributed by atoms with Crippen molar-refractivity contribution >= 4 is 46.7 Å². The first-order valence-corrected chi connectivity index (χ1v) is 9.54. The quantitative estimate of drug-likeness (QED) is 0.625. The molecule has 0 spiro atoms. The van der Waals surface area contributed by atoms with E-state index >= 15 is 0 Å². The monoisotopic (exact) mass is 436 g/mol. The lowest BCUT2D eigenvalue weighted by atomic mass is 10.2. The first kappa shape index (κ1) is 20.0. The summed E-state index contributed by atoms with van der Waals surface area (Å²) < 4.78 is 41.6. The van der Waals surface area contributed by atoms with Crippen LogP contribution in [-0.2, 0) is 0 Å². The van der Waals surface area contributed by atoms with Crippen LogP contribution in [0.1, 0.15) is 10.9 Å². The second kappa shape index (κ2) is 8.08. The minimum Gasteiger partial charge on any atom is -0.404 e. The van der Waals surface area contributed by atoms with Gasteiger partial charge < -0.3 is 15.0 Å². The zero-order chi connectivity index (χ0) is 19.6. The molecule has 0 aliphatic carbocycles. The van der Waals surface area contributed by atoms with Gasteiger partial charge in [0.25, 0.3) is 0 Å². The molecule has 0 aromatic heterocycles. The summed E-state index contributed by atoms with van der Waals surface area (Å²) in [6.45, 7) is 0.419. The molecule has 1 heterocycles. The molecule has 2 amide bonds. The van der Waals surface area contributed by atoms with Gasteiger partial charge in [-0.25, -0.2) is 4.79 Å². The molecular formula is C17H13Cl2F3N2O2S. The Labute approximate surface area is 167 Å². The number of carbonyl (C=O) groups excluding carboxylic acids is 1. The van der Waals surface area contributed by atoms with Gasteiger partial charge in [-0.3, -0.25) is 0 Å². The number of hydrogen-bond donors (Lipinski definition) is 1. The normalized spacial score (nSPS) is 17.1. The smallest absolute Gasteiger partial charge is 0.404 e. The van der Waals surface area contributed by atoms with Crippen molar-refractivity contribution in [2.24, 2.45) is 0 Å². The van der Waals surface area contributed by atoms with E-state index in [2.05, 4.69) is 10.1 Å². The second-order valence-corrected chi connectivity index (χ2v) is 7.59. The van der Waals surface area contributed by atoms with Crippen molar-refractivity contribution in [3.05, 3.63) is 58.1 Å². The molecule has 1 unspecified atom stereocenters. The number of nitrogens with one attached hydrogen (secondary N) is 1. The third-order valence-electron chi connectivity index (χ3n) is 3.73. The highest BCUT2D eigenvalue weighted by Crippen LogP contribution is 2.42. The predicted octanol–water partition coefficient (Wildman–Crippen LogP) is 6.17. The van der Waals surface area contributed by atoms with Gasteiger partial charge in [0.2, 0.25) is 0 Å². The summed E-state index contributed by atoms with van der Waals surface area (Å²) in [6.07, 6.45) is -4.86. The Morgan fingerprint density at radius 1 is 1.22 bits per heavy atom. The van der Waals surface area contributed by atoms with Crippen LogP contribution in [0.2, 0.25) is 10.0 Å². The Morgan fingerprint density at radius 2 is 1.96 bits per heavy atom. The average Bonchev–Trinajstić information content (AvgIpc) is 3.05. The molecule has 4 nitrogen and oxygen atoms in total. The number of urea groups is 1. The maximum Gasteiger partial charge on any atom is 0.573 e. The molecule has 3 rings (SSSR count). The van der Waals surface area contributed by atoms with E-state index in [0.717, 1.165) is 6.07 Å². The van der Waals surface area contributed by atoms with Crippen molar-refractivity contribution in [3.63, 3.8) is 0 Å². The maximum atomic E-state index is 12.7. The fourth-order valence-corrected chi connectivity index (χ4v) is 4.48. The number of para-hydroxylation sites is 2. The van der Waals surface area contributed by atoms with E-state index < -0.39 is 18.1 Å². The van der Waals surface area contributed by atoms with Crippen LogP contribution in [0.15, 0.2) is 42.5 Å². The van der Waals surface area contributed by atoms with Gasteiger partial charge in [-0.15, -0.1) is 24.9 Å². The number of benzene rings is 2. The molecule has 10 heteroatoms. The van der Waals surface area contributed by atoms with Gasteiger partial charge in [-0.1, -0.05) is 41.4 Å². The minimum atomic E-state index is -4.86. The van der Waals surface area contributed by atoms with Crippen LogP contribution in [0.25, 0.3) is 0 Å². The van der Waals surface area contributed by atoms with Crippen molar-refractivity contribution in [2.75, 3.05) is 17.6 Å². The SMILES string of the molecule is O=C(Nc1ccccc1OC(F)(F)F)N1CCSC1c1ccc(Cl)cc1Cl. The zero-order valence-electron chi connectivity index (χ0n) is 13.6. The minimum absolute atomic E-state index is 0.0716. The lowest BCUT2D eigenvalue weighted by Gasteiger charge is -2.25. The molecule has 1 saturated heterocycles. The van der Waals surface area contributed by atoms with Crippen LogP contribution in [0.3, 0.4) is 0 Å². The molecule has 2 aromatic rings. The largest absolute Gasteiger partial charge is 0.573 e. The third-order valence-corrected chi connectivity index (χ3v) is 5.54. The van der Waals surface area contributed by atoms with Gasteiger partial charge >= 0.3 is 12.4 Å². The molecule has 0 bridgehead atoms. The van der Waals surface area contributed by atoms with Crippen molar-refractivity contribution in [1.29, 1.82) is 0 Å². The Hall–Kier alpha value is -1.77. The van der Waals surface area contributed by atoms with Gasteiger partial charge in [0.15, 0.2) is 5.75 Å². The van der Waals surface area contributed by atoms with E-state index in [1.165, 1.54) is 34.9 Å². The van der Waals surface area contributed by atoms with E-state index in [0.29, 0.717) is 27.9 Å². The Morgan fingerprint density at radius 3 is 2.67 bits per heavy atom. The molecule has 1 aliphatic rings. The topological polar surface area (TPSA) is 41.6 Å². The van der Waals surface area contributed by atoms with Crippen LogP contribution in [0.5, 0.6) is 5.75 Å². The van der Waals surface area contributed by atoms with Gasteiger partial charge in [0, 0.05) is 27.9 Å². The summed E-state index contributed by atoms with van der Waals surface area (Å²) in [5, 5.41) is 3.01. The molecule has 0 radical (unpaired) electrons.